The number of carbonyl (C=O) groups is 1. The summed E-state index contributed by atoms with van der Waals surface area (Å²) in [5.74, 6) is -0.0856. The molecule has 2 aromatic rings. The van der Waals surface area contributed by atoms with Gasteiger partial charge in [0.15, 0.2) is 0 Å². The number of halogens is 1. The standard InChI is InChI=1S/C10H6BrN3OS/c1-16-10-8-6-4(9(15)12-8)2-3-5(11)7(6)13-14-10/h2-3H,1H3,(H,12,15). The molecule has 0 unspecified atom stereocenters. The van der Waals surface area contributed by atoms with Crippen LogP contribution in [-0.4, -0.2) is 22.4 Å². The van der Waals surface area contributed by atoms with Gasteiger partial charge in [-0.05, 0) is 34.3 Å². The van der Waals surface area contributed by atoms with Gasteiger partial charge in [0.05, 0.1) is 11.3 Å². The average molecular weight is 296 g/mol. The minimum absolute atomic E-state index is 0.0856. The molecule has 0 atom stereocenters. The van der Waals surface area contributed by atoms with Crippen LogP contribution in [-0.2, 0) is 0 Å². The predicted octanol–water partition coefficient (Wildman–Crippen LogP) is 2.68. The van der Waals surface area contributed by atoms with Crippen molar-refractivity contribution in [1.82, 2.24) is 10.2 Å². The zero-order chi connectivity index (χ0) is 11.3. The Balaban J connectivity index is 2.51. The van der Waals surface area contributed by atoms with E-state index in [0.717, 1.165) is 26.1 Å². The first-order chi connectivity index (χ1) is 7.72. The van der Waals surface area contributed by atoms with E-state index in [2.05, 4.69) is 31.4 Å². The molecule has 1 aliphatic rings. The highest BCUT2D eigenvalue weighted by molar-refractivity contribution is 9.10. The van der Waals surface area contributed by atoms with Gasteiger partial charge in [-0.15, -0.1) is 22.0 Å². The molecule has 1 N–H and O–H groups in total. The minimum atomic E-state index is -0.0856. The topological polar surface area (TPSA) is 54.9 Å². The van der Waals surface area contributed by atoms with Gasteiger partial charge in [0, 0.05) is 9.86 Å². The number of anilines is 1. The molecule has 0 saturated carbocycles. The number of thioether (sulfide) groups is 1. The Morgan fingerprint density at radius 3 is 2.94 bits per heavy atom. The van der Waals surface area contributed by atoms with Crippen molar-refractivity contribution in [1.29, 1.82) is 0 Å². The monoisotopic (exact) mass is 295 g/mol. The van der Waals surface area contributed by atoms with Gasteiger partial charge in [0.25, 0.3) is 5.91 Å². The van der Waals surface area contributed by atoms with Gasteiger partial charge in [0.2, 0.25) is 0 Å². The fourth-order valence-corrected chi connectivity index (χ4v) is 2.69. The van der Waals surface area contributed by atoms with Crippen LogP contribution in [0.4, 0.5) is 5.69 Å². The Labute approximate surface area is 104 Å². The molecule has 2 heterocycles. The van der Waals surface area contributed by atoms with Crippen LogP contribution < -0.4 is 5.32 Å². The molecule has 0 saturated heterocycles. The van der Waals surface area contributed by atoms with Crippen LogP contribution in [0.15, 0.2) is 21.6 Å². The van der Waals surface area contributed by atoms with Crippen molar-refractivity contribution >= 4 is 50.2 Å². The normalized spacial score (nSPS) is 13.2. The number of hydrogen-bond donors (Lipinski definition) is 1. The molecule has 0 aliphatic carbocycles. The van der Waals surface area contributed by atoms with Gasteiger partial charge in [-0.3, -0.25) is 4.79 Å². The summed E-state index contributed by atoms with van der Waals surface area (Å²) < 4.78 is 0.851. The summed E-state index contributed by atoms with van der Waals surface area (Å²) in [4.78, 5) is 11.7. The molecule has 0 fully saturated rings. The Morgan fingerprint density at radius 2 is 2.19 bits per heavy atom. The van der Waals surface area contributed by atoms with E-state index in [1.807, 2.05) is 12.3 Å². The van der Waals surface area contributed by atoms with Gasteiger partial charge >= 0.3 is 0 Å². The van der Waals surface area contributed by atoms with Crippen LogP contribution in [0.1, 0.15) is 10.4 Å². The van der Waals surface area contributed by atoms with Crippen molar-refractivity contribution in [2.24, 2.45) is 0 Å². The molecule has 16 heavy (non-hydrogen) atoms. The molecule has 1 aliphatic heterocycles. The van der Waals surface area contributed by atoms with Crippen molar-refractivity contribution < 1.29 is 4.79 Å². The lowest BCUT2D eigenvalue weighted by atomic mass is 10.1. The zero-order valence-corrected chi connectivity index (χ0v) is 10.6. The molecule has 0 radical (unpaired) electrons. The van der Waals surface area contributed by atoms with Crippen molar-refractivity contribution in [3.05, 3.63) is 22.2 Å². The molecule has 3 rings (SSSR count). The summed E-state index contributed by atoms with van der Waals surface area (Å²) in [6.07, 6.45) is 1.91. The quantitative estimate of drug-likeness (QED) is 0.822. The third kappa shape index (κ3) is 1.20. The number of amides is 1. The van der Waals surface area contributed by atoms with Crippen molar-refractivity contribution in [3.63, 3.8) is 0 Å². The van der Waals surface area contributed by atoms with E-state index < -0.39 is 0 Å². The maximum Gasteiger partial charge on any atom is 0.256 e. The summed E-state index contributed by atoms with van der Waals surface area (Å²) in [5.41, 5.74) is 2.17. The van der Waals surface area contributed by atoms with Crippen LogP contribution in [0.25, 0.3) is 10.9 Å². The molecule has 4 nitrogen and oxygen atoms in total. The second kappa shape index (κ2) is 3.43. The second-order valence-electron chi connectivity index (χ2n) is 3.36. The first-order valence-corrected chi connectivity index (χ1v) is 6.58. The van der Waals surface area contributed by atoms with E-state index in [9.17, 15) is 4.79 Å². The van der Waals surface area contributed by atoms with Crippen LogP contribution >= 0.6 is 27.7 Å². The largest absolute Gasteiger partial charge is 0.319 e. The lowest BCUT2D eigenvalue weighted by Crippen LogP contribution is -2.04. The van der Waals surface area contributed by atoms with E-state index in [-0.39, 0.29) is 5.91 Å². The number of hydrogen-bond acceptors (Lipinski definition) is 4. The Hall–Kier alpha value is -1.14. The summed E-state index contributed by atoms with van der Waals surface area (Å²) in [7, 11) is 0. The molecule has 1 amide bonds. The smallest absolute Gasteiger partial charge is 0.256 e. The highest BCUT2D eigenvalue weighted by atomic mass is 79.9. The molecule has 6 heteroatoms. The Bertz CT molecular complexity index is 629. The molecular formula is C10H6BrN3OS. The van der Waals surface area contributed by atoms with E-state index >= 15 is 0 Å². The van der Waals surface area contributed by atoms with E-state index in [1.54, 1.807) is 6.07 Å². The highest BCUT2D eigenvalue weighted by Gasteiger charge is 2.26. The average Bonchev–Trinajstić information content (AvgIpc) is 2.62. The summed E-state index contributed by atoms with van der Waals surface area (Å²) >= 11 is 4.88. The van der Waals surface area contributed by atoms with Crippen molar-refractivity contribution in [2.45, 2.75) is 5.03 Å². The van der Waals surface area contributed by atoms with Crippen LogP contribution in [0.3, 0.4) is 0 Å². The number of nitrogens with zero attached hydrogens (tertiary/aromatic N) is 2. The lowest BCUT2D eigenvalue weighted by Gasteiger charge is -2.03. The maximum atomic E-state index is 11.7. The molecule has 0 bridgehead atoms. The number of nitrogens with one attached hydrogen (secondary N) is 1. The molecule has 1 aromatic carbocycles. The SMILES string of the molecule is CSc1nnc2c(Br)ccc3c2c1NC3=O. The predicted molar refractivity (Wildman–Crippen MR) is 67.0 cm³/mol. The molecule has 1 aromatic heterocycles. The van der Waals surface area contributed by atoms with Gasteiger partial charge in [-0.2, -0.15) is 0 Å². The molecular weight excluding hydrogens is 290 g/mol. The number of rotatable bonds is 1. The van der Waals surface area contributed by atoms with E-state index in [1.165, 1.54) is 11.8 Å². The number of benzene rings is 1. The fraction of sp³-hybridized carbons (Fsp3) is 0.100. The van der Waals surface area contributed by atoms with Crippen LogP contribution in [0, 0.1) is 0 Å². The fourth-order valence-electron chi connectivity index (χ4n) is 1.80. The van der Waals surface area contributed by atoms with Crippen LogP contribution in [0.5, 0.6) is 0 Å². The van der Waals surface area contributed by atoms with E-state index in [0.29, 0.717) is 5.56 Å². The summed E-state index contributed by atoms with van der Waals surface area (Å²) in [6.45, 7) is 0. The summed E-state index contributed by atoms with van der Waals surface area (Å²) in [6, 6.07) is 3.61. The summed E-state index contributed by atoms with van der Waals surface area (Å²) in [5, 5.41) is 12.7. The van der Waals surface area contributed by atoms with E-state index in [4.69, 9.17) is 0 Å². The van der Waals surface area contributed by atoms with Crippen molar-refractivity contribution in [3.8, 4) is 0 Å². The van der Waals surface area contributed by atoms with Crippen LogP contribution in [0.2, 0.25) is 0 Å². The third-order valence-electron chi connectivity index (χ3n) is 2.51. The third-order valence-corrected chi connectivity index (χ3v) is 3.82. The minimum Gasteiger partial charge on any atom is -0.319 e. The lowest BCUT2D eigenvalue weighted by molar-refractivity contribution is 0.103. The Kier molecular flexibility index (Phi) is 2.15. The van der Waals surface area contributed by atoms with Gasteiger partial charge in [-0.25, -0.2) is 0 Å². The van der Waals surface area contributed by atoms with Crippen molar-refractivity contribution in [2.75, 3.05) is 11.6 Å². The first-order valence-electron chi connectivity index (χ1n) is 4.56. The number of aromatic nitrogens is 2. The Morgan fingerprint density at radius 1 is 1.38 bits per heavy atom. The highest BCUT2D eigenvalue weighted by Crippen LogP contribution is 2.39. The number of carbonyl (C=O) groups excluding carboxylic acids is 1. The van der Waals surface area contributed by atoms with Gasteiger partial charge in [0.1, 0.15) is 10.5 Å². The maximum absolute atomic E-state index is 11.7. The molecule has 0 spiro atoms. The van der Waals surface area contributed by atoms with Gasteiger partial charge in [-0.1, -0.05) is 0 Å². The second-order valence-corrected chi connectivity index (χ2v) is 5.01. The molecule has 80 valence electrons. The first kappa shape index (κ1) is 10.0. The van der Waals surface area contributed by atoms with Gasteiger partial charge < -0.3 is 5.32 Å². The zero-order valence-electron chi connectivity index (χ0n) is 8.24.